The first-order valence-corrected chi connectivity index (χ1v) is 7.71. The maximum atomic E-state index is 12.0. The Kier molecular flexibility index (Phi) is 5.16. The van der Waals surface area contributed by atoms with Gasteiger partial charge in [0.15, 0.2) is 0 Å². The van der Waals surface area contributed by atoms with E-state index in [9.17, 15) is 4.79 Å². The second-order valence-electron chi connectivity index (χ2n) is 3.94. The lowest BCUT2D eigenvalue weighted by Crippen LogP contribution is -2.48. The molecule has 0 bridgehead atoms. The van der Waals surface area contributed by atoms with Crippen LogP contribution in [-0.4, -0.2) is 15.9 Å². The number of thiophene rings is 1. The molecule has 0 radical (unpaired) electrons. The fraction of sp³-hybridized carbons (Fsp3) is 0.154. The van der Waals surface area contributed by atoms with Crippen LogP contribution in [0, 0.1) is 0 Å². The van der Waals surface area contributed by atoms with Crippen molar-refractivity contribution in [2.75, 3.05) is 5.32 Å². The van der Waals surface area contributed by atoms with Crippen molar-refractivity contribution < 1.29 is 4.79 Å². The predicted octanol–water partition coefficient (Wildman–Crippen LogP) is 4.29. The summed E-state index contributed by atoms with van der Waals surface area (Å²) in [6.07, 6.45) is -0.843. The van der Waals surface area contributed by atoms with Crippen LogP contribution in [0.2, 0.25) is 0 Å². The number of anilines is 1. The number of hydrogen-bond acceptors (Lipinski definition) is 3. The summed E-state index contributed by atoms with van der Waals surface area (Å²) in [5.74, 6) is -0.292. The lowest BCUT2D eigenvalue weighted by molar-refractivity contribution is 0.0946. The Hall–Kier alpha value is -0.940. The van der Waals surface area contributed by atoms with Crippen molar-refractivity contribution in [2.24, 2.45) is 0 Å². The van der Waals surface area contributed by atoms with Crippen molar-refractivity contribution in [2.45, 2.75) is 9.96 Å². The van der Waals surface area contributed by atoms with E-state index < -0.39 is 9.96 Å². The van der Waals surface area contributed by atoms with Crippen molar-refractivity contribution in [1.82, 2.24) is 5.32 Å². The molecule has 1 atom stereocenters. The Morgan fingerprint density at radius 2 is 1.80 bits per heavy atom. The van der Waals surface area contributed by atoms with E-state index in [1.54, 1.807) is 12.1 Å². The molecular formula is C13H11Cl3N2OS. The summed E-state index contributed by atoms with van der Waals surface area (Å²) in [5.41, 5.74) is 0.746. The summed E-state index contributed by atoms with van der Waals surface area (Å²) in [6.45, 7) is 0. The third-order valence-corrected chi connectivity index (χ3v) is 3.96. The maximum absolute atomic E-state index is 12.0. The van der Waals surface area contributed by atoms with Crippen LogP contribution < -0.4 is 10.6 Å². The normalized spacial score (nSPS) is 12.8. The minimum absolute atomic E-state index is 0.292. The second kappa shape index (κ2) is 6.68. The van der Waals surface area contributed by atoms with Crippen LogP contribution in [0.15, 0.2) is 47.8 Å². The number of alkyl halides is 3. The van der Waals surface area contributed by atoms with E-state index in [1.165, 1.54) is 11.3 Å². The Bertz CT molecular complexity index is 555. The average Bonchev–Trinajstić information content (AvgIpc) is 2.92. The van der Waals surface area contributed by atoms with Crippen LogP contribution in [-0.2, 0) is 0 Å². The van der Waals surface area contributed by atoms with E-state index in [0.717, 1.165) is 5.69 Å². The van der Waals surface area contributed by atoms with Gasteiger partial charge in [0, 0.05) is 5.69 Å². The quantitative estimate of drug-likeness (QED) is 0.639. The summed E-state index contributed by atoms with van der Waals surface area (Å²) in [7, 11) is 0. The van der Waals surface area contributed by atoms with Gasteiger partial charge in [-0.05, 0) is 23.6 Å². The molecule has 0 aliphatic heterocycles. The van der Waals surface area contributed by atoms with Gasteiger partial charge in [0.25, 0.3) is 5.91 Å². The highest BCUT2D eigenvalue weighted by Crippen LogP contribution is 2.31. The maximum Gasteiger partial charge on any atom is 0.263 e. The number of benzene rings is 1. The van der Waals surface area contributed by atoms with Crippen LogP contribution in [0.3, 0.4) is 0 Å². The monoisotopic (exact) mass is 348 g/mol. The van der Waals surface area contributed by atoms with E-state index in [4.69, 9.17) is 34.8 Å². The lowest BCUT2D eigenvalue weighted by atomic mass is 10.3. The van der Waals surface area contributed by atoms with Gasteiger partial charge >= 0.3 is 0 Å². The van der Waals surface area contributed by atoms with Crippen molar-refractivity contribution in [1.29, 1.82) is 0 Å². The number of nitrogens with one attached hydrogen (secondary N) is 2. The minimum atomic E-state index is -1.68. The first-order valence-electron chi connectivity index (χ1n) is 5.69. The van der Waals surface area contributed by atoms with Crippen molar-refractivity contribution >= 4 is 57.7 Å². The number of amides is 1. The SMILES string of the molecule is O=C(NC(Nc1ccccc1)C(Cl)(Cl)Cl)c1cccs1. The number of para-hydroxylation sites is 1. The number of carbonyl (C=O) groups excluding carboxylic acids is 1. The van der Waals surface area contributed by atoms with Gasteiger partial charge in [-0.15, -0.1) is 11.3 Å². The van der Waals surface area contributed by atoms with Gasteiger partial charge in [-0.2, -0.15) is 0 Å². The summed E-state index contributed by atoms with van der Waals surface area (Å²) < 4.78 is -1.68. The van der Waals surface area contributed by atoms with Gasteiger partial charge in [-0.25, -0.2) is 0 Å². The molecule has 2 aromatic rings. The molecule has 1 unspecified atom stereocenters. The van der Waals surface area contributed by atoms with Crippen LogP contribution in [0.25, 0.3) is 0 Å². The van der Waals surface area contributed by atoms with E-state index in [0.29, 0.717) is 4.88 Å². The molecule has 20 heavy (non-hydrogen) atoms. The van der Waals surface area contributed by atoms with Crippen molar-refractivity contribution in [3.63, 3.8) is 0 Å². The van der Waals surface area contributed by atoms with Gasteiger partial charge in [0.1, 0.15) is 6.17 Å². The number of rotatable bonds is 4. The second-order valence-corrected chi connectivity index (χ2v) is 7.25. The number of carbonyl (C=O) groups is 1. The van der Waals surface area contributed by atoms with Crippen LogP contribution in [0.1, 0.15) is 9.67 Å². The topological polar surface area (TPSA) is 41.1 Å². The third-order valence-electron chi connectivity index (χ3n) is 2.43. The Balaban J connectivity index is 2.11. The molecule has 2 rings (SSSR count). The van der Waals surface area contributed by atoms with Crippen molar-refractivity contribution in [3.8, 4) is 0 Å². The van der Waals surface area contributed by atoms with Crippen molar-refractivity contribution in [3.05, 3.63) is 52.7 Å². The minimum Gasteiger partial charge on any atom is -0.362 e. The standard InChI is InChI=1S/C13H11Cl3N2OS/c14-13(15,16)12(17-9-5-2-1-3-6-9)18-11(19)10-7-4-8-20-10/h1-8,12,17H,(H,18,19). The molecule has 1 amide bonds. The molecule has 1 aromatic carbocycles. The summed E-state index contributed by atoms with van der Waals surface area (Å²) in [5, 5.41) is 7.47. The molecule has 1 heterocycles. The molecule has 106 valence electrons. The number of hydrogen-bond donors (Lipinski definition) is 2. The number of halogens is 3. The zero-order valence-electron chi connectivity index (χ0n) is 10.1. The fourth-order valence-electron chi connectivity index (χ4n) is 1.51. The molecule has 1 aromatic heterocycles. The summed E-state index contributed by atoms with van der Waals surface area (Å²) >= 11 is 19.1. The first kappa shape index (κ1) is 15.4. The largest absolute Gasteiger partial charge is 0.362 e. The highest BCUT2D eigenvalue weighted by atomic mass is 35.6. The van der Waals surface area contributed by atoms with Crippen LogP contribution in [0.5, 0.6) is 0 Å². The van der Waals surface area contributed by atoms with Crippen LogP contribution in [0.4, 0.5) is 5.69 Å². The van der Waals surface area contributed by atoms with Gasteiger partial charge in [-0.1, -0.05) is 59.1 Å². The molecule has 7 heteroatoms. The molecule has 0 aliphatic rings. The highest BCUT2D eigenvalue weighted by Gasteiger charge is 2.34. The predicted molar refractivity (Wildman–Crippen MR) is 85.9 cm³/mol. The Morgan fingerprint density at radius 3 is 2.35 bits per heavy atom. The average molecular weight is 350 g/mol. The van der Waals surface area contributed by atoms with Gasteiger partial charge in [0.2, 0.25) is 3.79 Å². The fourth-order valence-corrected chi connectivity index (χ4v) is 2.46. The molecule has 0 saturated heterocycles. The van der Waals surface area contributed by atoms with Crippen LogP contribution >= 0.6 is 46.1 Å². The first-order chi connectivity index (χ1) is 9.47. The van der Waals surface area contributed by atoms with Gasteiger partial charge < -0.3 is 10.6 Å². The van der Waals surface area contributed by atoms with E-state index in [1.807, 2.05) is 35.7 Å². The highest BCUT2D eigenvalue weighted by molar-refractivity contribution is 7.12. The molecule has 3 nitrogen and oxygen atoms in total. The van der Waals surface area contributed by atoms with Gasteiger partial charge in [-0.3, -0.25) is 4.79 Å². The molecule has 0 saturated carbocycles. The smallest absolute Gasteiger partial charge is 0.263 e. The Morgan fingerprint density at radius 1 is 1.10 bits per heavy atom. The van der Waals surface area contributed by atoms with E-state index in [2.05, 4.69) is 10.6 Å². The molecule has 2 N–H and O–H groups in total. The zero-order valence-corrected chi connectivity index (χ0v) is 13.2. The lowest BCUT2D eigenvalue weighted by Gasteiger charge is -2.27. The van der Waals surface area contributed by atoms with Gasteiger partial charge in [0.05, 0.1) is 4.88 Å². The molecule has 0 aliphatic carbocycles. The summed E-state index contributed by atoms with van der Waals surface area (Å²) in [6, 6.07) is 12.7. The molecular weight excluding hydrogens is 339 g/mol. The molecule has 0 fully saturated rings. The molecule has 0 spiro atoms. The zero-order chi connectivity index (χ0) is 14.6. The Labute approximate surface area is 135 Å². The van der Waals surface area contributed by atoms with E-state index in [-0.39, 0.29) is 5.91 Å². The van der Waals surface area contributed by atoms with E-state index >= 15 is 0 Å². The third kappa shape index (κ3) is 4.28. The summed E-state index contributed by atoms with van der Waals surface area (Å²) in [4.78, 5) is 12.6.